The molecule has 0 atom stereocenters. The number of ether oxygens (including phenoxy) is 1. The van der Waals surface area contributed by atoms with Gasteiger partial charge in [0.25, 0.3) is 5.56 Å². The first-order chi connectivity index (χ1) is 16.1. The molecule has 0 bridgehead atoms. The lowest BCUT2D eigenvalue weighted by molar-refractivity contribution is -0.274. The monoisotopic (exact) mass is 476 g/mol. The summed E-state index contributed by atoms with van der Waals surface area (Å²) in [7, 11) is 1.70. The van der Waals surface area contributed by atoms with Crippen LogP contribution in [0.1, 0.15) is 5.56 Å². The molecule has 2 aromatic carbocycles. The smallest absolute Gasteiger partial charge is 0.406 e. The Morgan fingerprint density at radius 1 is 1.03 bits per heavy atom. The van der Waals surface area contributed by atoms with E-state index >= 15 is 0 Å². The van der Waals surface area contributed by atoms with E-state index in [1.807, 2.05) is 0 Å². The minimum Gasteiger partial charge on any atom is -0.406 e. The van der Waals surface area contributed by atoms with Gasteiger partial charge in [-0.2, -0.15) is 5.10 Å². The molecule has 1 N–H and O–H groups in total. The number of nitrogens with one attached hydrogen (secondary N) is 1. The van der Waals surface area contributed by atoms with E-state index in [1.54, 1.807) is 19.4 Å². The number of aromatic nitrogens is 3. The van der Waals surface area contributed by atoms with Gasteiger partial charge in [0, 0.05) is 60.1 Å². The molecule has 4 rings (SSSR count). The Labute approximate surface area is 189 Å². The summed E-state index contributed by atoms with van der Waals surface area (Å²) in [6, 6.07) is 9.54. The van der Waals surface area contributed by atoms with E-state index < -0.39 is 29.3 Å². The van der Waals surface area contributed by atoms with Crippen LogP contribution in [-0.4, -0.2) is 20.7 Å². The number of rotatable bonds is 6. The number of aryl methyl sites for hydroxylation is 1. The third kappa shape index (κ3) is 5.08. The zero-order chi connectivity index (χ0) is 24.5. The summed E-state index contributed by atoms with van der Waals surface area (Å²) in [4.78, 5) is 12.8. The summed E-state index contributed by atoms with van der Waals surface area (Å²) in [6.45, 7) is -0.224. The molecule has 11 heteroatoms. The molecule has 0 radical (unpaired) electrons. The molecule has 4 aromatic rings. The fraction of sp³-hybridized carbons (Fsp3) is 0.130. The van der Waals surface area contributed by atoms with Crippen LogP contribution in [0.3, 0.4) is 0 Å². The Hall–Kier alpha value is -4.15. The van der Waals surface area contributed by atoms with E-state index in [2.05, 4.69) is 15.2 Å². The van der Waals surface area contributed by atoms with Crippen molar-refractivity contribution in [3.8, 4) is 22.6 Å². The Kier molecular flexibility index (Phi) is 6.10. The number of pyridine rings is 1. The Morgan fingerprint density at radius 2 is 1.71 bits per heavy atom. The summed E-state index contributed by atoms with van der Waals surface area (Å²) in [6.07, 6.45) is -0.144. The zero-order valence-electron chi connectivity index (χ0n) is 17.6. The van der Waals surface area contributed by atoms with Crippen molar-refractivity contribution in [3.63, 3.8) is 0 Å². The molecule has 0 amide bonds. The van der Waals surface area contributed by atoms with Crippen molar-refractivity contribution in [1.29, 1.82) is 0 Å². The number of hydrogen-bond donors (Lipinski definition) is 1. The molecule has 0 saturated heterocycles. The molecule has 0 unspecified atom stereocenters. The lowest BCUT2D eigenvalue weighted by atomic mass is 10.1. The molecule has 0 fully saturated rings. The third-order valence-corrected chi connectivity index (χ3v) is 4.94. The standard InChI is InChI=1S/C23H17F5N4O2/c1-31-12-14(10-30-31)18-13-32(15-5-7-16(8-6-15)34-23(26,27)28)22(33)9-21(18)29-11-17-19(24)3-2-4-20(17)25/h2-10,12-13,29H,11H2,1H3. The fourth-order valence-corrected chi connectivity index (χ4v) is 3.36. The maximum absolute atomic E-state index is 14.0. The molecule has 0 aliphatic carbocycles. The highest BCUT2D eigenvalue weighted by atomic mass is 19.4. The average Bonchev–Trinajstić information content (AvgIpc) is 3.19. The molecular weight excluding hydrogens is 459 g/mol. The molecule has 0 aliphatic heterocycles. The number of nitrogens with zero attached hydrogens (tertiary/aromatic N) is 3. The molecule has 2 heterocycles. The van der Waals surface area contributed by atoms with Crippen molar-refractivity contribution in [3.05, 3.63) is 94.7 Å². The highest BCUT2D eigenvalue weighted by molar-refractivity contribution is 5.76. The number of halogens is 5. The molecule has 34 heavy (non-hydrogen) atoms. The van der Waals surface area contributed by atoms with E-state index in [0.29, 0.717) is 16.8 Å². The van der Waals surface area contributed by atoms with Crippen molar-refractivity contribution >= 4 is 5.69 Å². The normalized spacial score (nSPS) is 11.5. The van der Waals surface area contributed by atoms with Gasteiger partial charge in [-0.1, -0.05) is 6.07 Å². The lowest BCUT2D eigenvalue weighted by Gasteiger charge is -2.15. The molecule has 6 nitrogen and oxygen atoms in total. The second kappa shape index (κ2) is 9.00. The Balaban J connectivity index is 1.72. The van der Waals surface area contributed by atoms with Crippen molar-refractivity contribution in [2.24, 2.45) is 7.05 Å². The van der Waals surface area contributed by atoms with Crippen LogP contribution in [0.15, 0.2) is 71.9 Å². The summed E-state index contributed by atoms with van der Waals surface area (Å²) < 4.78 is 72.0. The van der Waals surface area contributed by atoms with Crippen molar-refractivity contribution in [1.82, 2.24) is 14.3 Å². The van der Waals surface area contributed by atoms with Gasteiger partial charge in [-0.3, -0.25) is 14.0 Å². The van der Waals surface area contributed by atoms with Gasteiger partial charge in [0.2, 0.25) is 0 Å². The first-order valence-electron chi connectivity index (χ1n) is 9.89. The van der Waals surface area contributed by atoms with Crippen molar-refractivity contribution in [2.75, 3.05) is 5.32 Å². The highest BCUT2D eigenvalue weighted by Crippen LogP contribution is 2.29. The molecule has 0 spiro atoms. The summed E-state index contributed by atoms with van der Waals surface area (Å²) in [5.41, 5.74) is 0.966. The highest BCUT2D eigenvalue weighted by Gasteiger charge is 2.31. The number of benzene rings is 2. The van der Waals surface area contributed by atoms with Gasteiger partial charge in [-0.25, -0.2) is 8.78 Å². The fourth-order valence-electron chi connectivity index (χ4n) is 3.36. The van der Waals surface area contributed by atoms with E-state index in [1.165, 1.54) is 39.7 Å². The predicted octanol–water partition coefficient (Wildman–Crippen LogP) is 5.03. The van der Waals surface area contributed by atoms with E-state index in [4.69, 9.17) is 0 Å². The Bertz CT molecular complexity index is 1360. The third-order valence-electron chi connectivity index (χ3n) is 4.94. The first kappa shape index (κ1) is 23.0. The van der Waals surface area contributed by atoms with Crippen LogP contribution in [0.25, 0.3) is 16.8 Å². The minimum atomic E-state index is -4.84. The molecular formula is C23H17F5N4O2. The van der Waals surface area contributed by atoms with E-state index in [-0.39, 0.29) is 17.8 Å². The maximum Gasteiger partial charge on any atom is 0.573 e. The van der Waals surface area contributed by atoms with E-state index in [9.17, 15) is 26.7 Å². The van der Waals surface area contributed by atoms with Gasteiger partial charge >= 0.3 is 6.36 Å². The summed E-state index contributed by atoms with van der Waals surface area (Å²) in [5, 5.41) is 7.01. The van der Waals surface area contributed by atoms with Crippen molar-refractivity contribution < 1.29 is 26.7 Å². The molecule has 2 aromatic heterocycles. The second-order valence-corrected chi connectivity index (χ2v) is 7.31. The lowest BCUT2D eigenvalue weighted by Crippen LogP contribution is -2.19. The average molecular weight is 476 g/mol. The van der Waals surface area contributed by atoms with Crippen LogP contribution in [0.2, 0.25) is 0 Å². The molecule has 0 aliphatic rings. The first-order valence-corrected chi connectivity index (χ1v) is 9.89. The topological polar surface area (TPSA) is 61.1 Å². The van der Waals surface area contributed by atoms with Gasteiger partial charge in [-0.05, 0) is 36.4 Å². The second-order valence-electron chi connectivity index (χ2n) is 7.31. The van der Waals surface area contributed by atoms with Gasteiger partial charge in [0.05, 0.1) is 6.20 Å². The summed E-state index contributed by atoms with van der Waals surface area (Å²) in [5.74, 6) is -1.89. The number of alkyl halides is 3. The van der Waals surface area contributed by atoms with Crippen molar-refractivity contribution in [2.45, 2.75) is 12.9 Å². The quantitative estimate of drug-likeness (QED) is 0.397. The van der Waals surface area contributed by atoms with Crippen LogP contribution in [-0.2, 0) is 13.6 Å². The van der Waals surface area contributed by atoms with Crippen LogP contribution in [0.5, 0.6) is 5.75 Å². The maximum atomic E-state index is 14.0. The number of hydrogen-bond acceptors (Lipinski definition) is 4. The van der Waals surface area contributed by atoms with Gasteiger partial charge in [0.1, 0.15) is 17.4 Å². The minimum absolute atomic E-state index is 0.191. The zero-order valence-corrected chi connectivity index (χ0v) is 17.6. The number of anilines is 1. The van der Waals surface area contributed by atoms with Gasteiger partial charge in [0.15, 0.2) is 0 Å². The van der Waals surface area contributed by atoms with Gasteiger partial charge in [-0.15, -0.1) is 13.2 Å². The van der Waals surface area contributed by atoms with Crippen LogP contribution >= 0.6 is 0 Å². The Morgan fingerprint density at radius 3 is 2.29 bits per heavy atom. The predicted molar refractivity (Wildman–Crippen MR) is 115 cm³/mol. The van der Waals surface area contributed by atoms with Gasteiger partial charge < -0.3 is 10.1 Å². The van der Waals surface area contributed by atoms with Crippen LogP contribution in [0, 0.1) is 11.6 Å². The SMILES string of the molecule is Cn1cc(-c2cn(-c3ccc(OC(F)(F)F)cc3)c(=O)cc2NCc2c(F)cccc2F)cn1. The molecule has 176 valence electrons. The van der Waals surface area contributed by atoms with Crippen LogP contribution in [0.4, 0.5) is 27.6 Å². The largest absolute Gasteiger partial charge is 0.573 e. The molecule has 0 saturated carbocycles. The van der Waals surface area contributed by atoms with Crippen LogP contribution < -0.4 is 15.6 Å². The summed E-state index contributed by atoms with van der Waals surface area (Å²) >= 11 is 0. The van der Waals surface area contributed by atoms with E-state index in [0.717, 1.165) is 24.3 Å².